The number of halogens is 1. The van der Waals surface area contributed by atoms with Gasteiger partial charge in [0.15, 0.2) is 0 Å². The molecule has 1 unspecified atom stereocenters. The molecule has 0 bridgehead atoms. The van der Waals surface area contributed by atoms with E-state index in [0.717, 1.165) is 11.1 Å². The summed E-state index contributed by atoms with van der Waals surface area (Å²) < 4.78 is 27.4. The predicted molar refractivity (Wildman–Crippen MR) is 93.7 cm³/mol. The molecule has 126 valence electrons. The Hall–Kier alpha value is -1.85. The van der Waals surface area contributed by atoms with Gasteiger partial charge >= 0.3 is 0 Å². The quantitative estimate of drug-likeness (QED) is 0.905. The molecule has 0 fully saturated rings. The second-order valence-corrected chi connectivity index (χ2v) is 7.89. The highest BCUT2D eigenvalue weighted by Crippen LogP contribution is 2.37. The lowest BCUT2D eigenvalue weighted by atomic mass is 10.0. The van der Waals surface area contributed by atoms with Crippen LogP contribution < -0.4 is 4.72 Å². The van der Waals surface area contributed by atoms with E-state index in [2.05, 4.69) is 4.72 Å². The molecular weight excluding hydrogens is 346 g/mol. The van der Waals surface area contributed by atoms with Gasteiger partial charge in [-0.15, -0.1) is 0 Å². The van der Waals surface area contributed by atoms with Gasteiger partial charge in [0.05, 0.1) is 10.8 Å². The van der Waals surface area contributed by atoms with Gasteiger partial charge in [-0.05, 0) is 48.1 Å². The van der Waals surface area contributed by atoms with Crippen molar-refractivity contribution < 1.29 is 13.2 Å². The first-order valence-electron chi connectivity index (χ1n) is 7.86. The second-order valence-electron chi connectivity index (χ2n) is 5.83. The van der Waals surface area contributed by atoms with E-state index in [1.165, 1.54) is 6.07 Å². The maximum Gasteiger partial charge on any atom is 0.264 e. The Morgan fingerprint density at radius 2 is 1.96 bits per heavy atom. The van der Waals surface area contributed by atoms with Gasteiger partial charge in [-0.25, -0.2) is 13.1 Å². The van der Waals surface area contributed by atoms with E-state index >= 15 is 0 Å². The van der Waals surface area contributed by atoms with E-state index in [4.69, 9.17) is 11.6 Å². The van der Waals surface area contributed by atoms with Gasteiger partial charge < -0.3 is 0 Å². The number of sulfonamides is 1. The summed E-state index contributed by atoms with van der Waals surface area (Å²) in [5.74, 6) is -0.982. The van der Waals surface area contributed by atoms with Crippen molar-refractivity contribution in [2.24, 2.45) is 0 Å². The van der Waals surface area contributed by atoms with Crippen molar-refractivity contribution in [3.8, 4) is 0 Å². The smallest absolute Gasteiger partial charge is 0.264 e. The maximum absolute atomic E-state index is 12.6. The van der Waals surface area contributed by atoms with Crippen LogP contribution in [0.1, 0.15) is 36.0 Å². The van der Waals surface area contributed by atoms with Crippen LogP contribution in [0.15, 0.2) is 47.4 Å². The minimum absolute atomic E-state index is 0.158. The minimum Gasteiger partial charge on any atom is -0.273 e. The fourth-order valence-corrected chi connectivity index (χ4v) is 4.81. The molecule has 4 nitrogen and oxygen atoms in total. The summed E-state index contributed by atoms with van der Waals surface area (Å²) in [6, 6.07) is 12.1. The van der Waals surface area contributed by atoms with Crippen LogP contribution >= 0.6 is 11.6 Å². The normalized spacial score (nSPS) is 16.7. The summed E-state index contributed by atoms with van der Waals surface area (Å²) >= 11 is 6.16. The number of carbonyl (C=O) groups excluding carboxylic acids is 1. The fraction of sp³-hybridized carbons (Fsp3) is 0.278. The highest BCUT2D eigenvalue weighted by molar-refractivity contribution is 7.90. The third kappa shape index (κ3) is 3.06. The molecule has 2 aromatic rings. The minimum atomic E-state index is -3.88. The lowest BCUT2D eigenvalue weighted by Crippen LogP contribution is -2.34. The second kappa shape index (κ2) is 6.57. The highest BCUT2D eigenvalue weighted by atomic mass is 35.5. The van der Waals surface area contributed by atoms with Crippen LogP contribution in [-0.4, -0.2) is 14.3 Å². The molecule has 0 saturated heterocycles. The topological polar surface area (TPSA) is 63.2 Å². The molecule has 1 N–H and O–H groups in total. The van der Waals surface area contributed by atoms with Crippen molar-refractivity contribution in [3.63, 3.8) is 0 Å². The number of carbonyl (C=O) groups is 1. The largest absolute Gasteiger partial charge is 0.273 e. The number of hydrogen-bond donors (Lipinski definition) is 1. The van der Waals surface area contributed by atoms with E-state index in [9.17, 15) is 13.2 Å². The molecule has 1 amide bonds. The molecule has 1 aliphatic rings. The van der Waals surface area contributed by atoms with Crippen molar-refractivity contribution in [3.05, 3.63) is 64.2 Å². The number of aryl methyl sites for hydroxylation is 1. The van der Waals surface area contributed by atoms with Gasteiger partial charge in [-0.3, -0.25) is 4.79 Å². The molecular formula is C18H18ClNO3S. The van der Waals surface area contributed by atoms with Gasteiger partial charge in [-0.2, -0.15) is 0 Å². The van der Waals surface area contributed by atoms with Crippen molar-refractivity contribution >= 4 is 27.5 Å². The first-order valence-corrected chi connectivity index (χ1v) is 9.72. The van der Waals surface area contributed by atoms with Gasteiger partial charge in [0.2, 0.25) is 5.91 Å². The summed E-state index contributed by atoms with van der Waals surface area (Å²) in [5.41, 5.74) is 2.44. The molecule has 0 spiro atoms. The Labute approximate surface area is 146 Å². The Morgan fingerprint density at radius 1 is 1.21 bits per heavy atom. The van der Waals surface area contributed by atoms with Crippen LogP contribution in [0.3, 0.4) is 0 Å². The number of rotatable bonds is 4. The molecule has 3 rings (SSSR count). The van der Waals surface area contributed by atoms with Crippen molar-refractivity contribution in [2.75, 3.05) is 0 Å². The molecule has 6 heteroatoms. The molecule has 0 heterocycles. The lowest BCUT2D eigenvalue weighted by Gasteiger charge is -2.14. The predicted octanol–water partition coefficient (Wildman–Crippen LogP) is 3.44. The number of amides is 1. The fourth-order valence-electron chi connectivity index (χ4n) is 3.20. The van der Waals surface area contributed by atoms with E-state index < -0.39 is 21.8 Å². The molecule has 2 aromatic carbocycles. The molecule has 24 heavy (non-hydrogen) atoms. The Kier molecular flexibility index (Phi) is 4.65. The third-order valence-electron chi connectivity index (χ3n) is 4.41. The molecule has 0 aliphatic heterocycles. The Balaban J connectivity index is 1.87. The van der Waals surface area contributed by atoms with Crippen molar-refractivity contribution in [1.29, 1.82) is 0 Å². The lowest BCUT2D eigenvalue weighted by molar-refractivity contribution is -0.120. The Bertz CT molecular complexity index is 893. The van der Waals surface area contributed by atoms with Crippen LogP contribution in [0.25, 0.3) is 0 Å². The van der Waals surface area contributed by atoms with E-state index in [1.54, 1.807) is 30.3 Å². The standard InChI is InChI=1S/C18H18ClNO3S/c1-2-12-6-3-4-9-17(12)24(22,23)20-18(21)15-11-10-14-13(15)7-5-8-16(14)19/h3-9,15H,2,10-11H2,1H3,(H,20,21). The van der Waals surface area contributed by atoms with Crippen LogP contribution in [0.4, 0.5) is 0 Å². The zero-order valence-corrected chi connectivity index (χ0v) is 14.8. The Morgan fingerprint density at radius 3 is 2.71 bits per heavy atom. The van der Waals surface area contributed by atoms with Crippen LogP contribution in [0.5, 0.6) is 0 Å². The van der Waals surface area contributed by atoms with Crippen molar-refractivity contribution in [2.45, 2.75) is 37.0 Å². The van der Waals surface area contributed by atoms with Crippen LogP contribution in [-0.2, 0) is 27.7 Å². The van der Waals surface area contributed by atoms with Crippen LogP contribution in [0, 0.1) is 0 Å². The molecule has 0 aromatic heterocycles. The van der Waals surface area contributed by atoms with Crippen LogP contribution in [0.2, 0.25) is 5.02 Å². The third-order valence-corrected chi connectivity index (χ3v) is 6.21. The maximum atomic E-state index is 12.6. The number of hydrogen-bond acceptors (Lipinski definition) is 3. The average Bonchev–Trinajstić information content (AvgIpc) is 3.00. The molecule has 1 atom stereocenters. The molecule has 0 radical (unpaired) electrons. The first kappa shape index (κ1) is 17.0. The number of nitrogens with one attached hydrogen (secondary N) is 1. The monoisotopic (exact) mass is 363 g/mol. The summed E-state index contributed by atoms with van der Waals surface area (Å²) in [6.07, 6.45) is 1.82. The van der Waals surface area contributed by atoms with E-state index in [-0.39, 0.29) is 4.90 Å². The molecule has 0 saturated carbocycles. The van der Waals surface area contributed by atoms with Gasteiger partial charge in [-0.1, -0.05) is 48.9 Å². The van der Waals surface area contributed by atoms with Gasteiger partial charge in [0.1, 0.15) is 0 Å². The SMILES string of the molecule is CCc1ccccc1S(=O)(=O)NC(=O)C1CCc2c(Cl)cccc21. The summed E-state index contributed by atoms with van der Waals surface area (Å²) in [7, 11) is -3.88. The summed E-state index contributed by atoms with van der Waals surface area (Å²) in [6.45, 7) is 1.88. The van der Waals surface area contributed by atoms with E-state index in [1.807, 2.05) is 13.0 Å². The highest BCUT2D eigenvalue weighted by Gasteiger charge is 2.32. The average molecular weight is 364 g/mol. The summed E-state index contributed by atoms with van der Waals surface area (Å²) in [5, 5.41) is 0.627. The number of benzene rings is 2. The van der Waals surface area contributed by atoms with Gasteiger partial charge in [0.25, 0.3) is 10.0 Å². The molecule has 1 aliphatic carbocycles. The van der Waals surface area contributed by atoms with E-state index in [0.29, 0.717) is 29.8 Å². The van der Waals surface area contributed by atoms with Crippen molar-refractivity contribution in [1.82, 2.24) is 4.72 Å². The number of fused-ring (bicyclic) bond motifs is 1. The first-order chi connectivity index (χ1) is 11.4. The summed E-state index contributed by atoms with van der Waals surface area (Å²) in [4.78, 5) is 12.7. The zero-order valence-electron chi connectivity index (χ0n) is 13.3. The van der Waals surface area contributed by atoms with Gasteiger partial charge in [0, 0.05) is 5.02 Å². The zero-order chi connectivity index (χ0) is 17.3.